The molecule has 0 radical (unpaired) electrons. The van der Waals surface area contributed by atoms with Crippen molar-refractivity contribution < 1.29 is 4.42 Å². The van der Waals surface area contributed by atoms with E-state index < -0.39 is 0 Å². The van der Waals surface area contributed by atoms with Crippen molar-refractivity contribution in [3.8, 4) is 11.5 Å². The second-order valence-corrected chi connectivity index (χ2v) is 6.76. The van der Waals surface area contributed by atoms with Crippen LogP contribution in [0, 0.1) is 0 Å². The highest BCUT2D eigenvalue weighted by molar-refractivity contribution is 8.01. The molecule has 3 rings (SSSR count). The first-order valence-electron chi connectivity index (χ1n) is 6.33. The Labute approximate surface area is 130 Å². The summed E-state index contributed by atoms with van der Waals surface area (Å²) in [5, 5.41) is 20.1. The van der Waals surface area contributed by atoms with Crippen molar-refractivity contribution >= 4 is 28.2 Å². The van der Waals surface area contributed by atoms with Crippen molar-refractivity contribution in [3.05, 3.63) is 36.2 Å². The van der Waals surface area contributed by atoms with Crippen LogP contribution >= 0.6 is 23.1 Å². The predicted molar refractivity (Wildman–Crippen MR) is 83.5 cm³/mol. The summed E-state index contributed by atoms with van der Waals surface area (Å²) in [6.07, 6.45) is 0. The smallest absolute Gasteiger partial charge is 0.247 e. The number of aromatic nitrogens is 4. The molecule has 1 atom stereocenters. The Morgan fingerprint density at radius 2 is 1.95 bits per heavy atom. The maximum Gasteiger partial charge on any atom is 0.247 e. The molecule has 0 amide bonds. The second-order valence-electron chi connectivity index (χ2n) is 4.19. The van der Waals surface area contributed by atoms with E-state index in [4.69, 9.17) is 4.42 Å². The van der Waals surface area contributed by atoms with Crippen LogP contribution in [0.5, 0.6) is 0 Å². The number of anilines is 1. The highest BCUT2D eigenvalue weighted by Gasteiger charge is 2.18. The molecule has 3 aromatic rings. The van der Waals surface area contributed by atoms with E-state index in [1.54, 1.807) is 11.8 Å². The van der Waals surface area contributed by atoms with Crippen molar-refractivity contribution in [2.24, 2.45) is 0 Å². The van der Waals surface area contributed by atoms with Crippen LogP contribution < -0.4 is 5.32 Å². The number of hydrogen-bond acceptors (Lipinski definition) is 8. The Bertz CT molecular complexity index is 712. The molecule has 8 heteroatoms. The molecule has 0 bridgehead atoms. The van der Waals surface area contributed by atoms with Crippen LogP contribution in [0.4, 0.5) is 5.13 Å². The van der Waals surface area contributed by atoms with Crippen LogP contribution in [-0.2, 0) is 0 Å². The molecule has 0 aliphatic rings. The van der Waals surface area contributed by atoms with Crippen LogP contribution in [0.2, 0.25) is 0 Å². The first kappa shape index (κ1) is 14.0. The van der Waals surface area contributed by atoms with Gasteiger partial charge in [-0.2, -0.15) is 0 Å². The molecule has 2 heterocycles. The summed E-state index contributed by atoms with van der Waals surface area (Å²) in [4.78, 5) is 0. The van der Waals surface area contributed by atoms with Crippen LogP contribution in [-0.4, -0.2) is 27.4 Å². The normalized spacial score (nSPS) is 12.3. The van der Waals surface area contributed by atoms with Crippen molar-refractivity contribution in [3.63, 3.8) is 0 Å². The Balaban J connectivity index is 1.73. The zero-order chi connectivity index (χ0) is 14.7. The molecule has 0 saturated heterocycles. The number of thioether (sulfide) groups is 1. The fourth-order valence-corrected chi connectivity index (χ4v) is 3.54. The topological polar surface area (TPSA) is 76.7 Å². The zero-order valence-electron chi connectivity index (χ0n) is 11.5. The van der Waals surface area contributed by atoms with Gasteiger partial charge in [-0.15, -0.1) is 20.4 Å². The third-order valence-electron chi connectivity index (χ3n) is 2.71. The Morgan fingerprint density at radius 1 is 1.14 bits per heavy atom. The van der Waals surface area contributed by atoms with Gasteiger partial charge >= 0.3 is 0 Å². The van der Waals surface area contributed by atoms with Gasteiger partial charge in [0.25, 0.3) is 0 Å². The molecule has 1 aromatic carbocycles. The summed E-state index contributed by atoms with van der Waals surface area (Å²) in [6, 6.07) is 9.72. The van der Waals surface area contributed by atoms with E-state index in [0.717, 1.165) is 15.0 Å². The third-order valence-corrected chi connectivity index (χ3v) is 4.82. The van der Waals surface area contributed by atoms with Gasteiger partial charge < -0.3 is 9.73 Å². The van der Waals surface area contributed by atoms with E-state index in [1.807, 2.05) is 44.3 Å². The third kappa shape index (κ3) is 3.22. The maximum atomic E-state index is 5.73. The van der Waals surface area contributed by atoms with E-state index in [0.29, 0.717) is 11.8 Å². The van der Waals surface area contributed by atoms with E-state index >= 15 is 0 Å². The summed E-state index contributed by atoms with van der Waals surface area (Å²) in [6.45, 7) is 2.01. The van der Waals surface area contributed by atoms with Gasteiger partial charge in [-0.3, -0.25) is 0 Å². The minimum atomic E-state index is 0.0209. The number of rotatable bonds is 5. The molecular weight excluding hydrogens is 306 g/mol. The van der Waals surface area contributed by atoms with Crippen LogP contribution in [0.1, 0.15) is 18.1 Å². The second kappa shape index (κ2) is 6.23. The van der Waals surface area contributed by atoms with Crippen molar-refractivity contribution in [2.75, 3.05) is 12.4 Å². The van der Waals surface area contributed by atoms with Crippen molar-refractivity contribution in [1.82, 2.24) is 20.4 Å². The van der Waals surface area contributed by atoms with Crippen molar-refractivity contribution in [2.45, 2.75) is 16.5 Å². The summed E-state index contributed by atoms with van der Waals surface area (Å²) in [5.74, 6) is 1.12. The highest BCUT2D eigenvalue weighted by atomic mass is 32.2. The summed E-state index contributed by atoms with van der Waals surface area (Å²) < 4.78 is 6.60. The Hall–Kier alpha value is -1.93. The van der Waals surface area contributed by atoms with Crippen LogP contribution in [0.3, 0.4) is 0 Å². The molecule has 0 aliphatic heterocycles. The lowest BCUT2D eigenvalue weighted by molar-refractivity contribution is 0.509. The van der Waals surface area contributed by atoms with Gasteiger partial charge in [0.15, 0.2) is 4.34 Å². The maximum absolute atomic E-state index is 5.73. The molecule has 108 valence electrons. The van der Waals surface area contributed by atoms with Gasteiger partial charge in [0.1, 0.15) is 0 Å². The van der Waals surface area contributed by atoms with Crippen LogP contribution in [0.25, 0.3) is 11.5 Å². The lowest BCUT2D eigenvalue weighted by atomic mass is 10.2. The van der Waals surface area contributed by atoms with Gasteiger partial charge in [-0.25, -0.2) is 0 Å². The molecule has 0 spiro atoms. The lowest BCUT2D eigenvalue weighted by Gasteiger charge is -2.02. The number of nitrogens with zero attached hydrogens (tertiary/aromatic N) is 4. The lowest BCUT2D eigenvalue weighted by Crippen LogP contribution is -1.88. The monoisotopic (exact) mass is 319 g/mol. The predicted octanol–water partition coefficient (Wildman–Crippen LogP) is 3.48. The fraction of sp³-hybridized carbons (Fsp3) is 0.231. The van der Waals surface area contributed by atoms with E-state index in [9.17, 15) is 0 Å². The Kier molecular flexibility index (Phi) is 4.16. The Morgan fingerprint density at radius 3 is 2.67 bits per heavy atom. The fourth-order valence-electron chi connectivity index (χ4n) is 1.66. The van der Waals surface area contributed by atoms with E-state index in [2.05, 4.69) is 25.7 Å². The summed E-state index contributed by atoms with van der Waals surface area (Å²) in [7, 11) is 1.82. The molecule has 6 nitrogen and oxygen atoms in total. The minimum Gasteiger partial charge on any atom is -0.419 e. The van der Waals surface area contributed by atoms with Crippen LogP contribution in [0.15, 0.2) is 39.1 Å². The molecule has 0 aliphatic carbocycles. The standard InChI is InChI=1S/C13H13N5OS2/c1-8(20-13-18-17-12(14-2)21-13)10-15-16-11(19-10)9-6-4-3-5-7-9/h3-8H,1-2H3,(H,14,17)/t8-/m0/s1. The summed E-state index contributed by atoms with van der Waals surface area (Å²) >= 11 is 3.05. The van der Waals surface area contributed by atoms with Gasteiger partial charge in [0, 0.05) is 12.6 Å². The molecule has 0 fully saturated rings. The zero-order valence-corrected chi connectivity index (χ0v) is 13.1. The van der Waals surface area contributed by atoms with Gasteiger partial charge in [0.2, 0.25) is 16.9 Å². The van der Waals surface area contributed by atoms with Gasteiger partial charge in [-0.05, 0) is 19.1 Å². The molecule has 0 saturated carbocycles. The molecule has 1 N–H and O–H groups in total. The first-order valence-corrected chi connectivity index (χ1v) is 8.02. The molecular formula is C13H13N5OS2. The quantitative estimate of drug-likeness (QED) is 0.721. The van der Waals surface area contributed by atoms with Crippen molar-refractivity contribution in [1.29, 1.82) is 0 Å². The number of benzene rings is 1. The average molecular weight is 319 g/mol. The average Bonchev–Trinajstić information content (AvgIpc) is 3.17. The SMILES string of the molecule is CNc1nnc(S[C@@H](C)c2nnc(-c3ccccc3)o2)s1. The van der Waals surface area contributed by atoms with E-state index in [1.165, 1.54) is 11.3 Å². The molecule has 0 unspecified atom stereocenters. The summed E-state index contributed by atoms with van der Waals surface area (Å²) in [5.41, 5.74) is 0.918. The van der Waals surface area contributed by atoms with E-state index in [-0.39, 0.29) is 5.25 Å². The van der Waals surface area contributed by atoms with Gasteiger partial charge in [-0.1, -0.05) is 41.3 Å². The van der Waals surface area contributed by atoms with Gasteiger partial charge in [0.05, 0.1) is 5.25 Å². The number of nitrogens with one attached hydrogen (secondary N) is 1. The minimum absolute atomic E-state index is 0.0209. The highest BCUT2D eigenvalue weighted by Crippen LogP contribution is 2.37. The number of hydrogen-bond donors (Lipinski definition) is 1. The largest absolute Gasteiger partial charge is 0.419 e. The molecule has 21 heavy (non-hydrogen) atoms. The first-order chi connectivity index (χ1) is 10.3. The molecule has 2 aromatic heterocycles.